The van der Waals surface area contributed by atoms with E-state index < -0.39 is 0 Å². The number of thiazole rings is 1. The molecule has 3 fully saturated rings. The topological polar surface area (TPSA) is 19.4 Å². The lowest BCUT2D eigenvalue weighted by Crippen LogP contribution is -2.59. The first-order valence-corrected chi connectivity index (χ1v) is 8.02. The molecule has 2 aliphatic heterocycles. The maximum atomic E-state index is 4.48. The Hall–Kier alpha value is -0.610. The van der Waals surface area contributed by atoms with Crippen LogP contribution in [0.25, 0.3) is 0 Å². The molecule has 3 aliphatic rings. The first-order valence-electron chi connectivity index (χ1n) is 7.21. The molecule has 0 amide bonds. The lowest BCUT2D eigenvalue weighted by Gasteiger charge is -2.44. The van der Waals surface area contributed by atoms with Gasteiger partial charge < -0.3 is 4.90 Å². The molecule has 1 saturated carbocycles. The van der Waals surface area contributed by atoms with Crippen LogP contribution in [-0.4, -0.2) is 42.1 Å². The van der Waals surface area contributed by atoms with Gasteiger partial charge in [0.2, 0.25) is 0 Å². The maximum absolute atomic E-state index is 4.48. The van der Waals surface area contributed by atoms with Gasteiger partial charge in [-0.25, -0.2) is 4.98 Å². The van der Waals surface area contributed by atoms with Crippen LogP contribution in [0.3, 0.4) is 0 Å². The van der Waals surface area contributed by atoms with Crippen molar-refractivity contribution in [1.82, 2.24) is 9.88 Å². The summed E-state index contributed by atoms with van der Waals surface area (Å²) in [6.45, 7) is 7.29. The molecule has 4 rings (SSSR count). The number of nitrogens with zero attached hydrogens (tertiary/aromatic N) is 3. The summed E-state index contributed by atoms with van der Waals surface area (Å²) in [5, 5.41) is 1.23. The Morgan fingerprint density at radius 1 is 1.17 bits per heavy atom. The summed E-state index contributed by atoms with van der Waals surface area (Å²) in [7, 11) is 0. The highest BCUT2D eigenvalue weighted by Gasteiger charge is 2.42. The van der Waals surface area contributed by atoms with E-state index in [9.17, 15) is 0 Å². The number of hydrogen-bond donors (Lipinski definition) is 0. The van der Waals surface area contributed by atoms with E-state index >= 15 is 0 Å². The van der Waals surface area contributed by atoms with E-state index in [1.165, 1.54) is 55.5 Å². The molecule has 2 atom stereocenters. The predicted octanol–water partition coefficient (Wildman–Crippen LogP) is 2.37. The van der Waals surface area contributed by atoms with Crippen molar-refractivity contribution >= 4 is 16.5 Å². The minimum Gasteiger partial charge on any atom is -0.345 e. The van der Waals surface area contributed by atoms with Crippen molar-refractivity contribution in [3.63, 3.8) is 0 Å². The zero-order chi connectivity index (χ0) is 12.1. The van der Waals surface area contributed by atoms with Gasteiger partial charge in [0.05, 0.1) is 0 Å². The molecule has 18 heavy (non-hydrogen) atoms. The predicted molar refractivity (Wildman–Crippen MR) is 75.3 cm³/mol. The Balaban J connectivity index is 1.34. The molecule has 4 heteroatoms. The molecule has 2 unspecified atom stereocenters. The molecule has 0 radical (unpaired) electrons. The number of anilines is 1. The minimum atomic E-state index is 0.805. The van der Waals surface area contributed by atoms with Crippen LogP contribution in [0.15, 0.2) is 6.20 Å². The first kappa shape index (κ1) is 11.2. The number of rotatable bonds is 2. The van der Waals surface area contributed by atoms with Crippen LogP contribution in [0, 0.1) is 18.8 Å². The van der Waals surface area contributed by atoms with Gasteiger partial charge in [0.15, 0.2) is 5.13 Å². The van der Waals surface area contributed by atoms with Crippen molar-refractivity contribution in [2.24, 2.45) is 11.8 Å². The van der Waals surface area contributed by atoms with Gasteiger partial charge in [0.1, 0.15) is 0 Å². The van der Waals surface area contributed by atoms with E-state index in [4.69, 9.17) is 0 Å². The average Bonchev–Trinajstić information content (AvgIpc) is 2.91. The van der Waals surface area contributed by atoms with Crippen LogP contribution in [0.5, 0.6) is 0 Å². The van der Waals surface area contributed by atoms with Gasteiger partial charge in [-0.05, 0) is 31.6 Å². The highest BCUT2D eigenvalue weighted by Crippen LogP contribution is 2.40. The fraction of sp³-hybridized carbons (Fsp3) is 0.786. The third kappa shape index (κ3) is 1.77. The van der Waals surface area contributed by atoms with E-state index in [1.54, 1.807) is 0 Å². The monoisotopic (exact) mass is 263 g/mol. The largest absolute Gasteiger partial charge is 0.345 e. The summed E-state index contributed by atoms with van der Waals surface area (Å²) < 4.78 is 0. The molecule has 1 aromatic rings. The van der Waals surface area contributed by atoms with Gasteiger partial charge >= 0.3 is 0 Å². The Labute approximate surface area is 113 Å². The standard InChI is InChI=1S/C14H21N3S/c1-10-5-15-14(18-10)17-8-13(9-17)16-6-11-3-2-4-12(11)7-16/h5,11-13H,2-4,6-9H2,1H3. The zero-order valence-corrected chi connectivity index (χ0v) is 11.8. The SMILES string of the molecule is Cc1cnc(N2CC(N3CC4CCCC4C3)C2)s1. The third-order valence-corrected chi connectivity index (χ3v) is 5.99. The van der Waals surface area contributed by atoms with Gasteiger partial charge in [-0.3, -0.25) is 4.90 Å². The number of fused-ring (bicyclic) bond motifs is 1. The number of hydrogen-bond acceptors (Lipinski definition) is 4. The lowest BCUT2D eigenvalue weighted by molar-refractivity contribution is 0.190. The molecular formula is C14H21N3S. The molecule has 98 valence electrons. The molecule has 0 bridgehead atoms. The van der Waals surface area contributed by atoms with Crippen molar-refractivity contribution in [3.05, 3.63) is 11.1 Å². The summed E-state index contributed by atoms with van der Waals surface area (Å²) in [6.07, 6.45) is 6.46. The van der Waals surface area contributed by atoms with Crippen LogP contribution in [0.4, 0.5) is 5.13 Å². The minimum absolute atomic E-state index is 0.805. The van der Waals surface area contributed by atoms with Gasteiger partial charge in [0.25, 0.3) is 0 Å². The zero-order valence-electron chi connectivity index (χ0n) is 11.0. The summed E-state index contributed by atoms with van der Waals surface area (Å²) in [6, 6.07) is 0.805. The second-order valence-corrected chi connectivity index (χ2v) is 7.43. The third-order valence-electron chi connectivity index (χ3n) is 5.01. The van der Waals surface area contributed by atoms with Crippen LogP contribution in [-0.2, 0) is 0 Å². The van der Waals surface area contributed by atoms with Gasteiger partial charge in [-0.2, -0.15) is 0 Å². The Morgan fingerprint density at radius 3 is 2.50 bits per heavy atom. The molecule has 2 saturated heterocycles. The molecular weight excluding hydrogens is 242 g/mol. The highest BCUT2D eigenvalue weighted by molar-refractivity contribution is 7.15. The highest BCUT2D eigenvalue weighted by atomic mass is 32.1. The van der Waals surface area contributed by atoms with E-state index in [0.29, 0.717) is 0 Å². The lowest BCUT2D eigenvalue weighted by atomic mass is 10.0. The molecule has 1 aromatic heterocycles. The van der Waals surface area contributed by atoms with Gasteiger partial charge in [-0.15, -0.1) is 11.3 Å². The van der Waals surface area contributed by atoms with Crippen LogP contribution in [0.1, 0.15) is 24.1 Å². The average molecular weight is 263 g/mol. The Kier molecular flexibility index (Phi) is 2.62. The van der Waals surface area contributed by atoms with E-state index in [1.807, 2.05) is 17.5 Å². The fourth-order valence-electron chi connectivity index (χ4n) is 3.90. The summed E-state index contributed by atoms with van der Waals surface area (Å²) in [5.41, 5.74) is 0. The van der Waals surface area contributed by atoms with Crippen LogP contribution >= 0.6 is 11.3 Å². The van der Waals surface area contributed by atoms with E-state index in [2.05, 4.69) is 21.7 Å². The van der Waals surface area contributed by atoms with Gasteiger partial charge in [0, 0.05) is 43.3 Å². The van der Waals surface area contributed by atoms with Gasteiger partial charge in [-0.1, -0.05) is 6.42 Å². The smallest absolute Gasteiger partial charge is 0.185 e. The van der Waals surface area contributed by atoms with Crippen LogP contribution in [0.2, 0.25) is 0 Å². The summed E-state index contributed by atoms with van der Waals surface area (Å²) in [4.78, 5) is 11.0. The molecule has 0 aromatic carbocycles. The quantitative estimate of drug-likeness (QED) is 0.816. The Bertz CT molecular complexity index is 426. The van der Waals surface area contributed by atoms with Crippen molar-refractivity contribution in [2.75, 3.05) is 31.1 Å². The van der Waals surface area contributed by atoms with Crippen molar-refractivity contribution in [3.8, 4) is 0 Å². The maximum Gasteiger partial charge on any atom is 0.185 e. The van der Waals surface area contributed by atoms with Crippen molar-refractivity contribution in [2.45, 2.75) is 32.2 Å². The second-order valence-electron chi connectivity index (χ2n) is 6.22. The van der Waals surface area contributed by atoms with Crippen molar-refractivity contribution in [1.29, 1.82) is 0 Å². The van der Waals surface area contributed by atoms with Crippen LogP contribution < -0.4 is 4.90 Å². The summed E-state index contributed by atoms with van der Waals surface area (Å²) >= 11 is 1.83. The molecule has 3 heterocycles. The molecule has 1 aliphatic carbocycles. The van der Waals surface area contributed by atoms with Crippen molar-refractivity contribution < 1.29 is 0 Å². The summed E-state index contributed by atoms with van der Waals surface area (Å²) in [5.74, 6) is 2.06. The Morgan fingerprint density at radius 2 is 1.89 bits per heavy atom. The normalized spacial score (nSPS) is 32.8. The second kappa shape index (κ2) is 4.20. The van der Waals surface area contributed by atoms with E-state index in [-0.39, 0.29) is 0 Å². The van der Waals surface area contributed by atoms with E-state index in [0.717, 1.165) is 17.9 Å². The molecule has 3 nitrogen and oxygen atoms in total. The number of likely N-dealkylation sites (tertiary alicyclic amines) is 1. The number of aryl methyl sites for hydroxylation is 1. The molecule has 0 N–H and O–H groups in total. The first-order chi connectivity index (χ1) is 8.79. The number of aromatic nitrogens is 1. The fourth-order valence-corrected chi connectivity index (χ4v) is 4.68. The molecule has 0 spiro atoms.